The fraction of sp³-hybridized carbons (Fsp3) is 0.188. The Bertz CT molecular complexity index is 649. The Morgan fingerprint density at radius 1 is 1.09 bits per heavy atom. The highest BCUT2D eigenvalue weighted by atomic mass is 79.9. The van der Waals surface area contributed by atoms with Gasteiger partial charge in [-0.3, -0.25) is 4.79 Å². The van der Waals surface area contributed by atoms with Crippen LogP contribution >= 0.6 is 27.7 Å². The first kappa shape index (κ1) is 16.7. The molecule has 0 aliphatic rings. The monoisotopic (exact) mass is 381 g/mol. The Balaban J connectivity index is 2.24. The van der Waals surface area contributed by atoms with Crippen LogP contribution in [-0.4, -0.2) is 26.4 Å². The number of benzene rings is 2. The molecule has 4 nitrogen and oxygen atoms in total. The molecule has 0 aliphatic carbocycles. The highest BCUT2D eigenvalue weighted by molar-refractivity contribution is 9.10. The van der Waals surface area contributed by atoms with E-state index in [1.165, 1.54) is 0 Å². The number of anilines is 1. The molecule has 0 fully saturated rings. The smallest absolute Gasteiger partial charge is 0.255 e. The first-order chi connectivity index (χ1) is 10.6. The molecule has 1 amide bonds. The van der Waals surface area contributed by atoms with E-state index in [0.29, 0.717) is 21.5 Å². The molecule has 2 aromatic carbocycles. The SMILES string of the molecule is COc1cc(C(=O)Nc2ccc(SC)cc2)cc(OC)c1Br. The zero-order valence-electron chi connectivity index (χ0n) is 12.5. The van der Waals surface area contributed by atoms with Crippen molar-refractivity contribution in [3.63, 3.8) is 0 Å². The van der Waals surface area contributed by atoms with Gasteiger partial charge in [-0.25, -0.2) is 0 Å². The van der Waals surface area contributed by atoms with Gasteiger partial charge in [0.25, 0.3) is 5.91 Å². The minimum absolute atomic E-state index is 0.221. The molecule has 0 bridgehead atoms. The van der Waals surface area contributed by atoms with E-state index in [-0.39, 0.29) is 5.91 Å². The molecule has 0 heterocycles. The Morgan fingerprint density at radius 2 is 1.64 bits per heavy atom. The van der Waals surface area contributed by atoms with Gasteiger partial charge in [0.15, 0.2) is 0 Å². The van der Waals surface area contributed by atoms with Gasteiger partial charge in [0.05, 0.1) is 14.2 Å². The van der Waals surface area contributed by atoms with Gasteiger partial charge in [0, 0.05) is 16.1 Å². The standard InChI is InChI=1S/C16H16BrNO3S/c1-20-13-8-10(9-14(21-2)15(13)17)16(19)18-11-4-6-12(22-3)7-5-11/h4-9H,1-3H3,(H,18,19). The average molecular weight is 382 g/mol. The predicted molar refractivity (Wildman–Crippen MR) is 93.4 cm³/mol. The predicted octanol–water partition coefficient (Wildman–Crippen LogP) is 4.44. The van der Waals surface area contributed by atoms with E-state index in [1.54, 1.807) is 38.1 Å². The molecule has 0 spiro atoms. The van der Waals surface area contributed by atoms with Crippen LogP contribution in [0.2, 0.25) is 0 Å². The maximum atomic E-state index is 12.4. The summed E-state index contributed by atoms with van der Waals surface area (Å²) in [7, 11) is 3.09. The van der Waals surface area contributed by atoms with Crippen LogP contribution in [0.3, 0.4) is 0 Å². The Hall–Kier alpha value is -1.66. The molecule has 0 aliphatic heterocycles. The van der Waals surface area contributed by atoms with Gasteiger partial charge in [-0.05, 0) is 58.6 Å². The molecule has 0 saturated carbocycles. The topological polar surface area (TPSA) is 47.6 Å². The summed E-state index contributed by atoms with van der Waals surface area (Å²) in [6, 6.07) is 11.0. The molecule has 2 aromatic rings. The lowest BCUT2D eigenvalue weighted by Crippen LogP contribution is -2.12. The molecule has 2 rings (SSSR count). The number of amides is 1. The summed E-state index contributed by atoms with van der Waals surface area (Å²) in [6.45, 7) is 0. The van der Waals surface area contributed by atoms with Crippen LogP contribution < -0.4 is 14.8 Å². The zero-order valence-corrected chi connectivity index (χ0v) is 14.9. The van der Waals surface area contributed by atoms with Crippen LogP contribution in [0.5, 0.6) is 11.5 Å². The number of thioether (sulfide) groups is 1. The van der Waals surface area contributed by atoms with E-state index >= 15 is 0 Å². The molecule has 0 saturated heterocycles. The van der Waals surface area contributed by atoms with Crippen molar-refractivity contribution < 1.29 is 14.3 Å². The van der Waals surface area contributed by atoms with Crippen LogP contribution in [0.1, 0.15) is 10.4 Å². The lowest BCUT2D eigenvalue weighted by Gasteiger charge is -2.12. The van der Waals surface area contributed by atoms with E-state index in [0.717, 1.165) is 10.6 Å². The highest BCUT2D eigenvalue weighted by Crippen LogP contribution is 2.35. The number of ether oxygens (including phenoxy) is 2. The Morgan fingerprint density at radius 3 is 2.09 bits per heavy atom. The maximum Gasteiger partial charge on any atom is 0.255 e. The van der Waals surface area contributed by atoms with E-state index in [2.05, 4.69) is 21.2 Å². The summed E-state index contributed by atoms with van der Waals surface area (Å²) in [5.41, 5.74) is 1.20. The third-order valence-electron chi connectivity index (χ3n) is 3.06. The van der Waals surface area contributed by atoms with Gasteiger partial charge in [-0.2, -0.15) is 0 Å². The molecule has 0 aromatic heterocycles. The molecule has 116 valence electrons. The molecule has 22 heavy (non-hydrogen) atoms. The lowest BCUT2D eigenvalue weighted by atomic mass is 10.1. The van der Waals surface area contributed by atoms with Crippen molar-refractivity contribution in [1.82, 2.24) is 0 Å². The van der Waals surface area contributed by atoms with E-state index in [1.807, 2.05) is 30.5 Å². The van der Waals surface area contributed by atoms with Crippen LogP contribution in [0.25, 0.3) is 0 Å². The summed E-state index contributed by atoms with van der Waals surface area (Å²) >= 11 is 5.04. The zero-order chi connectivity index (χ0) is 16.1. The summed E-state index contributed by atoms with van der Waals surface area (Å²) in [6.07, 6.45) is 2.01. The van der Waals surface area contributed by atoms with E-state index in [4.69, 9.17) is 9.47 Å². The van der Waals surface area contributed by atoms with Crippen LogP contribution in [0.4, 0.5) is 5.69 Å². The van der Waals surface area contributed by atoms with E-state index < -0.39 is 0 Å². The van der Waals surface area contributed by atoms with Crippen molar-refractivity contribution in [3.8, 4) is 11.5 Å². The summed E-state index contributed by atoms with van der Waals surface area (Å²) in [5.74, 6) is 0.866. The van der Waals surface area contributed by atoms with Gasteiger partial charge in [0.1, 0.15) is 16.0 Å². The minimum atomic E-state index is -0.221. The second-order valence-corrected chi connectivity index (χ2v) is 6.05. The summed E-state index contributed by atoms with van der Waals surface area (Å²) in [5, 5.41) is 2.86. The van der Waals surface area contributed by atoms with Crippen LogP contribution in [0.15, 0.2) is 45.8 Å². The average Bonchev–Trinajstić information content (AvgIpc) is 2.55. The van der Waals surface area contributed by atoms with Crippen molar-refractivity contribution in [3.05, 3.63) is 46.4 Å². The summed E-state index contributed by atoms with van der Waals surface area (Å²) < 4.78 is 11.2. The number of nitrogens with one attached hydrogen (secondary N) is 1. The molecule has 1 N–H and O–H groups in total. The third-order valence-corrected chi connectivity index (χ3v) is 4.58. The first-order valence-electron chi connectivity index (χ1n) is 6.46. The van der Waals surface area contributed by atoms with Gasteiger partial charge < -0.3 is 14.8 Å². The normalized spacial score (nSPS) is 10.2. The second-order valence-electron chi connectivity index (χ2n) is 4.38. The van der Waals surface area contributed by atoms with Crippen LogP contribution in [0, 0.1) is 0 Å². The molecular formula is C16H16BrNO3S. The molecular weight excluding hydrogens is 366 g/mol. The number of carbonyl (C=O) groups excluding carboxylic acids is 1. The maximum absolute atomic E-state index is 12.4. The van der Waals surface area contributed by atoms with Crippen molar-refractivity contribution in [2.45, 2.75) is 4.90 Å². The lowest BCUT2D eigenvalue weighted by molar-refractivity contribution is 0.102. The largest absolute Gasteiger partial charge is 0.495 e. The number of hydrogen-bond donors (Lipinski definition) is 1. The second kappa shape index (κ2) is 7.56. The van der Waals surface area contributed by atoms with Crippen molar-refractivity contribution >= 4 is 39.3 Å². The fourth-order valence-corrected chi connectivity index (χ4v) is 2.84. The van der Waals surface area contributed by atoms with Crippen LogP contribution in [-0.2, 0) is 0 Å². The number of methoxy groups -OCH3 is 2. The fourth-order valence-electron chi connectivity index (χ4n) is 1.88. The van der Waals surface area contributed by atoms with Crippen molar-refractivity contribution in [2.75, 3.05) is 25.8 Å². The minimum Gasteiger partial charge on any atom is -0.495 e. The Labute approximate surface area is 142 Å². The quantitative estimate of drug-likeness (QED) is 0.777. The number of halogens is 1. The molecule has 6 heteroatoms. The van der Waals surface area contributed by atoms with Gasteiger partial charge in [0.2, 0.25) is 0 Å². The third kappa shape index (κ3) is 3.75. The van der Waals surface area contributed by atoms with E-state index in [9.17, 15) is 4.79 Å². The molecule has 0 atom stereocenters. The van der Waals surface area contributed by atoms with Gasteiger partial charge in [-0.15, -0.1) is 11.8 Å². The molecule has 0 radical (unpaired) electrons. The molecule has 0 unspecified atom stereocenters. The van der Waals surface area contributed by atoms with Gasteiger partial charge >= 0.3 is 0 Å². The van der Waals surface area contributed by atoms with Crippen molar-refractivity contribution in [1.29, 1.82) is 0 Å². The number of rotatable bonds is 5. The number of carbonyl (C=O) groups is 1. The van der Waals surface area contributed by atoms with Crippen molar-refractivity contribution in [2.24, 2.45) is 0 Å². The Kier molecular flexibility index (Phi) is 5.74. The van der Waals surface area contributed by atoms with Gasteiger partial charge in [-0.1, -0.05) is 0 Å². The summed E-state index contributed by atoms with van der Waals surface area (Å²) in [4.78, 5) is 13.5. The first-order valence-corrected chi connectivity index (χ1v) is 8.47. The highest BCUT2D eigenvalue weighted by Gasteiger charge is 2.14. The number of hydrogen-bond acceptors (Lipinski definition) is 4.